The molecule has 0 radical (unpaired) electrons. The maximum atomic E-state index is 12.1. The smallest absolute Gasteiger partial charge is 0.326 e. The number of carbonyl (C=O) groups is 1. The van der Waals surface area contributed by atoms with Crippen molar-refractivity contribution in [2.75, 3.05) is 6.54 Å². The van der Waals surface area contributed by atoms with Crippen molar-refractivity contribution in [3.8, 4) is 11.3 Å². The number of nitrogens with one attached hydrogen (secondary N) is 1. The highest BCUT2D eigenvalue weighted by Crippen LogP contribution is 2.14. The molecule has 0 aliphatic rings. The lowest BCUT2D eigenvalue weighted by atomic mass is 10.1. The minimum absolute atomic E-state index is 0.182. The quantitative estimate of drug-likeness (QED) is 0.804. The maximum absolute atomic E-state index is 12.1. The molecule has 0 saturated carbocycles. The minimum atomic E-state index is -0.182. The van der Waals surface area contributed by atoms with Gasteiger partial charge < -0.3 is 5.32 Å². The Morgan fingerprint density at radius 1 is 1.14 bits per heavy atom. The lowest BCUT2D eigenvalue weighted by molar-refractivity contribution is 0.242. The van der Waals surface area contributed by atoms with E-state index in [0.717, 1.165) is 17.7 Å². The molecule has 0 unspecified atom stereocenters. The summed E-state index contributed by atoms with van der Waals surface area (Å²) >= 11 is 0. The summed E-state index contributed by atoms with van der Waals surface area (Å²) in [6.07, 6.45) is 7.45. The van der Waals surface area contributed by atoms with Crippen LogP contribution in [-0.4, -0.2) is 27.1 Å². The van der Waals surface area contributed by atoms with Crippen molar-refractivity contribution in [2.45, 2.75) is 6.42 Å². The zero-order chi connectivity index (χ0) is 15.2. The van der Waals surface area contributed by atoms with E-state index in [-0.39, 0.29) is 6.03 Å². The van der Waals surface area contributed by atoms with Gasteiger partial charge in [0.2, 0.25) is 0 Å². The fourth-order valence-corrected chi connectivity index (χ4v) is 2.15. The molecule has 1 amide bonds. The van der Waals surface area contributed by atoms with Crippen LogP contribution >= 0.6 is 0 Å². The first-order valence-electron chi connectivity index (χ1n) is 7.09. The molecule has 2 heterocycles. The van der Waals surface area contributed by atoms with Gasteiger partial charge >= 0.3 is 6.03 Å². The molecule has 0 saturated heterocycles. The number of nitrogens with zero attached hydrogens (tertiary/aromatic N) is 3. The Morgan fingerprint density at radius 2 is 2.00 bits per heavy atom. The summed E-state index contributed by atoms with van der Waals surface area (Å²) in [6.45, 7) is 0.587. The summed E-state index contributed by atoms with van der Waals surface area (Å²) in [5.74, 6) is 0. The Bertz CT molecular complexity index is 738. The molecule has 0 bridgehead atoms. The Hall–Kier alpha value is -2.95. The van der Waals surface area contributed by atoms with E-state index in [1.165, 1.54) is 16.5 Å². The summed E-state index contributed by atoms with van der Waals surface area (Å²) in [6, 6.07) is 13.6. The number of carbonyl (C=O) groups excluding carboxylic acids is 1. The molecule has 0 atom stereocenters. The molecular formula is C17H16N4O. The first kappa shape index (κ1) is 14.0. The van der Waals surface area contributed by atoms with Gasteiger partial charge in [-0.2, -0.15) is 0 Å². The molecule has 0 aliphatic carbocycles. The average molecular weight is 292 g/mol. The van der Waals surface area contributed by atoms with Gasteiger partial charge in [-0.05, 0) is 24.1 Å². The van der Waals surface area contributed by atoms with Crippen LogP contribution in [-0.2, 0) is 6.42 Å². The second-order valence-corrected chi connectivity index (χ2v) is 4.88. The van der Waals surface area contributed by atoms with E-state index in [4.69, 9.17) is 0 Å². The lowest BCUT2D eigenvalue weighted by Crippen LogP contribution is -2.29. The Balaban J connectivity index is 1.58. The van der Waals surface area contributed by atoms with Crippen LogP contribution in [0.5, 0.6) is 0 Å². The van der Waals surface area contributed by atoms with Crippen molar-refractivity contribution in [1.82, 2.24) is 19.9 Å². The topological polar surface area (TPSA) is 59.8 Å². The zero-order valence-electron chi connectivity index (χ0n) is 12.0. The molecule has 0 fully saturated rings. The van der Waals surface area contributed by atoms with Crippen LogP contribution in [0.15, 0.2) is 67.4 Å². The number of amides is 1. The number of rotatable bonds is 4. The van der Waals surface area contributed by atoms with Crippen LogP contribution in [0.3, 0.4) is 0 Å². The van der Waals surface area contributed by atoms with E-state index in [1.807, 2.05) is 42.5 Å². The molecule has 3 rings (SSSR count). The Labute approximate surface area is 128 Å². The van der Waals surface area contributed by atoms with Gasteiger partial charge in [-0.25, -0.2) is 9.78 Å². The lowest BCUT2D eigenvalue weighted by Gasteiger charge is -2.05. The highest BCUT2D eigenvalue weighted by molar-refractivity contribution is 5.77. The third-order valence-electron chi connectivity index (χ3n) is 3.31. The maximum Gasteiger partial charge on any atom is 0.326 e. The largest absolute Gasteiger partial charge is 0.337 e. The molecule has 1 aromatic carbocycles. The van der Waals surface area contributed by atoms with Gasteiger partial charge in [0.25, 0.3) is 0 Å². The molecule has 1 N–H and O–H groups in total. The van der Waals surface area contributed by atoms with Gasteiger partial charge in [0, 0.05) is 30.7 Å². The predicted octanol–water partition coefficient (Wildman–Crippen LogP) is 2.75. The first-order valence-corrected chi connectivity index (χ1v) is 7.09. The van der Waals surface area contributed by atoms with Crippen LogP contribution < -0.4 is 5.32 Å². The summed E-state index contributed by atoms with van der Waals surface area (Å²) < 4.78 is 1.45. The third kappa shape index (κ3) is 3.38. The summed E-state index contributed by atoms with van der Waals surface area (Å²) in [4.78, 5) is 20.4. The van der Waals surface area contributed by atoms with Crippen LogP contribution in [0, 0.1) is 0 Å². The van der Waals surface area contributed by atoms with Crippen molar-refractivity contribution < 1.29 is 4.79 Å². The number of benzene rings is 1. The van der Waals surface area contributed by atoms with Crippen molar-refractivity contribution in [1.29, 1.82) is 0 Å². The molecule has 22 heavy (non-hydrogen) atoms. The summed E-state index contributed by atoms with van der Waals surface area (Å²) in [7, 11) is 0. The van der Waals surface area contributed by atoms with Crippen LogP contribution in [0.4, 0.5) is 4.79 Å². The fourth-order valence-electron chi connectivity index (χ4n) is 2.15. The second kappa shape index (κ2) is 6.67. The van der Waals surface area contributed by atoms with E-state index in [1.54, 1.807) is 18.6 Å². The van der Waals surface area contributed by atoms with Crippen LogP contribution in [0.2, 0.25) is 0 Å². The van der Waals surface area contributed by atoms with Crippen molar-refractivity contribution >= 4 is 6.03 Å². The van der Waals surface area contributed by atoms with Crippen molar-refractivity contribution in [3.05, 3.63) is 72.9 Å². The SMILES string of the molecule is O=C(NCCc1ccccc1)n1cnc(-c2cccnc2)c1. The standard InChI is InChI=1S/C17H16N4O/c22-17(19-10-8-14-5-2-1-3-6-14)21-12-16(20-13-21)15-7-4-9-18-11-15/h1-7,9,11-13H,8,10H2,(H,19,22). The number of hydrogen-bond donors (Lipinski definition) is 1. The fraction of sp³-hybridized carbons (Fsp3) is 0.118. The van der Waals surface area contributed by atoms with Gasteiger partial charge in [0.1, 0.15) is 6.33 Å². The van der Waals surface area contributed by atoms with Gasteiger partial charge in [-0.3, -0.25) is 9.55 Å². The van der Waals surface area contributed by atoms with Gasteiger partial charge in [0.15, 0.2) is 0 Å². The van der Waals surface area contributed by atoms with E-state index in [9.17, 15) is 4.79 Å². The van der Waals surface area contributed by atoms with Crippen molar-refractivity contribution in [2.24, 2.45) is 0 Å². The third-order valence-corrected chi connectivity index (χ3v) is 3.31. The van der Waals surface area contributed by atoms with Gasteiger partial charge in [0.05, 0.1) is 5.69 Å². The van der Waals surface area contributed by atoms with E-state index in [0.29, 0.717) is 6.54 Å². The summed E-state index contributed by atoms with van der Waals surface area (Å²) in [5.41, 5.74) is 2.81. The number of aromatic nitrogens is 3. The molecule has 5 heteroatoms. The van der Waals surface area contributed by atoms with Gasteiger partial charge in [-0.1, -0.05) is 30.3 Å². The van der Waals surface area contributed by atoms with Crippen LogP contribution in [0.25, 0.3) is 11.3 Å². The zero-order valence-corrected chi connectivity index (χ0v) is 12.0. The Morgan fingerprint density at radius 3 is 2.77 bits per heavy atom. The number of pyridine rings is 1. The molecule has 3 aromatic rings. The molecule has 5 nitrogen and oxygen atoms in total. The van der Waals surface area contributed by atoms with E-state index in [2.05, 4.69) is 15.3 Å². The normalized spacial score (nSPS) is 10.4. The molecular weight excluding hydrogens is 276 g/mol. The monoisotopic (exact) mass is 292 g/mol. The molecule has 2 aromatic heterocycles. The first-order chi connectivity index (χ1) is 10.8. The minimum Gasteiger partial charge on any atom is -0.337 e. The van der Waals surface area contributed by atoms with Gasteiger partial charge in [-0.15, -0.1) is 0 Å². The molecule has 110 valence electrons. The highest BCUT2D eigenvalue weighted by atomic mass is 16.2. The predicted molar refractivity (Wildman–Crippen MR) is 84.4 cm³/mol. The number of hydrogen-bond acceptors (Lipinski definition) is 3. The van der Waals surface area contributed by atoms with Crippen LogP contribution in [0.1, 0.15) is 5.56 Å². The van der Waals surface area contributed by atoms with Crippen molar-refractivity contribution in [3.63, 3.8) is 0 Å². The summed E-state index contributed by atoms with van der Waals surface area (Å²) in [5, 5.41) is 2.88. The average Bonchev–Trinajstić information content (AvgIpc) is 3.07. The highest BCUT2D eigenvalue weighted by Gasteiger charge is 2.07. The van der Waals surface area contributed by atoms with E-state index < -0.39 is 0 Å². The molecule has 0 aliphatic heterocycles. The molecule has 0 spiro atoms. The second-order valence-electron chi connectivity index (χ2n) is 4.88. The van der Waals surface area contributed by atoms with E-state index >= 15 is 0 Å². The Kier molecular flexibility index (Phi) is 4.25. The number of imidazole rings is 1.